The van der Waals surface area contributed by atoms with Crippen LogP contribution in [0.3, 0.4) is 0 Å². The van der Waals surface area contributed by atoms with Crippen molar-refractivity contribution in [2.45, 2.75) is 0 Å². The zero-order valence-electron chi connectivity index (χ0n) is 11.3. The van der Waals surface area contributed by atoms with Crippen LogP contribution in [0.2, 0.25) is 5.15 Å². The number of carbonyl (C=O) groups is 1. The lowest BCUT2D eigenvalue weighted by Crippen LogP contribution is -2.13. The Morgan fingerprint density at radius 1 is 1.29 bits per heavy atom. The van der Waals surface area contributed by atoms with E-state index in [2.05, 4.69) is 26.2 Å². The Balaban J connectivity index is 2.28. The summed E-state index contributed by atoms with van der Waals surface area (Å²) in [5.74, 6) is 0.687. The number of ether oxygens (including phenoxy) is 2. The van der Waals surface area contributed by atoms with Crippen LogP contribution >= 0.6 is 27.5 Å². The zero-order valence-corrected chi connectivity index (χ0v) is 13.7. The maximum absolute atomic E-state index is 12.3. The lowest BCUT2D eigenvalue weighted by molar-refractivity contribution is 0.102. The number of nitrogens with zero attached hydrogens (tertiary/aromatic N) is 1. The molecule has 0 radical (unpaired) electrons. The van der Waals surface area contributed by atoms with Crippen molar-refractivity contribution in [2.75, 3.05) is 19.5 Å². The van der Waals surface area contributed by atoms with Gasteiger partial charge in [0.2, 0.25) is 0 Å². The number of carbonyl (C=O) groups excluding carboxylic acids is 1. The van der Waals surface area contributed by atoms with E-state index in [9.17, 15) is 4.79 Å². The molecule has 0 unspecified atom stereocenters. The first-order valence-corrected chi connectivity index (χ1v) is 7.06. The Morgan fingerprint density at radius 3 is 2.67 bits per heavy atom. The van der Waals surface area contributed by atoms with Gasteiger partial charge in [-0.05, 0) is 40.2 Å². The number of benzene rings is 1. The van der Waals surface area contributed by atoms with Gasteiger partial charge in [0.05, 0.1) is 36.1 Å². The van der Waals surface area contributed by atoms with Gasteiger partial charge in [-0.2, -0.15) is 0 Å². The van der Waals surface area contributed by atoms with Gasteiger partial charge in [-0.1, -0.05) is 11.6 Å². The van der Waals surface area contributed by atoms with E-state index in [0.717, 1.165) is 0 Å². The van der Waals surface area contributed by atoms with E-state index in [0.29, 0.717) is 32.4 Å². The van der Waals surface area contributed by atoms with Crippen LogP contribution in [-0.4, -0.2) is 25.1 Å². The minimum atomic E-state index is -0.332. The lowest BCUT2D eigenvalue weighted by atomic mass is 10.1. The molecule has 2 rings (SSSR count). The molecule has 21 heavy (non-hydrogen) atoms. The monoisotopic (exact) mass is 370 g/mol. The number of rotatable bonds is 4. The molecule has 0 bridgehead atoms. The molecule has 0 fully saturated rings. The van der Waals surface area contributed by atoms with Crippen LogP contribution in [0.25, 0.3) is 0 Å². The Bertz CT molecular complexity index is 679. The van der Waals surface area contributed by atoms with Crippen LogP contribution in [-0.2, 0) is 0 Å². The van der Waals surface area contributed by atoms with E-state index in [1.54, 1.807) is 24.3 Å². The van der Waals surface area contributed by atoms with Crippen molar-refractivity contribution >= 4 is 39.1 Å². The van der Waals surface area contributed by atoms with Gasteiger partial charge in [0.15, 0.2) is 0 Å². The first kappa shape index (κ1) is 15.6. The minimum Gasteiger partial charge on any atom is -0.497 e. The van der Waals surface area contributed by atoms with Gasteiger partial charge in [-0.3, -0.25) is 4.79 Å². The molecule has 0 aliphatic carbocycles. The Kier molecular flexibility index (Phi) is 5.03. The summed E-state index contributed by atoms with van der Waals surface area (Å²) in [4.78, 5) is 16.3. The smallest absolute Gasteiger partial charge is 0.259 e. The van der Waals surface area contributed by atoms with Gasteiger partial charge in [0, 0.05) is 0 Å². The van der Waals surface area contributed by atoms with Crippen LogP contribution < -0.4 is 14.8 Å². The number of amides is 1. The van der Waals surface area contributed by atoms with E-state index in [-0.39, 0.29) is 5.91 Å². The van der Waals surface area contributed by atoms with Gasteiger partial charge >= 0.3 is 0 Å². The Hall–Kier alpha value is -1.79. The number of hydrogen-bond acceptors (Lipinski definition) is 4. The van der Waals surface area contributed by atoms with E-state index in [1.807, 2.05) is 0 Å². The van der Waals surface area contributed by atoms with Gasteiger partial charge in [0.25, 0.3) is 5.91 Å². The predicted octanol–water partition coefficient (Wildman–Crippen LogP) is 3.77. The quantitative estimate of drug-likeness (QED) is 0.831. The van der Waals surface area contributed by atoms with E-state index < -0.39 is 0 Å². The second kappa shape index (κ2) is 6.78. The first-order valence-electron chi connectivity index (χ1n) is 5.89. The molecule has 5 nitrogen and oxygen atoms in total. The molecule has 7 heteroatoms. The lowest BCUT2D eigenvalue weighted by Gasteiger charge is -2.11. The molecule has 2 aromatic rings. The van der Waals surface area contributed by atoms with Gasteiger partial charge in [-0.25, -0.2) is 4.98 Å². The third-order valence-corrected chi connectivity index (χ3v) is 3.84. The molecule has 1 N–H and O–H groups in total. The first-order chi connectivity index (χ1) is 10.0. The highest BCUT2D eigenvalue weighted by Crippen LogP contribution is 2.26. The van der Waals surface area contributed by atoms with Crippen LogP contribution in [0.1, 0.15) is 10.4 Å². The number of methoxy groups -OCH3 is 2. The molecule has 0 aliphatic rings. The number of aromatic nitrogens is 1. The normalized spacial score (nSPS) is 10.1. The molecule has 0 atom stereocenters. The van der Waals surface area contributed by atoms with E-state index >= 15 is 0 Å². The largest absolute Gasteiger partial charge is 0.497 e. The maximum atomic E-state index is 12.3. The Morgan fingerprint density at radius 2 is 2.05 bits per heavy atom. The minimum absolute atomic E-state index is 0.326. The summed E-state index contributed by atoms with van der Waals surface area (Å²) in [6.45, 7) is 0. The number of pyridine rings is 1. The molecule has 1 aromatic heterocycles. The second-order valence-corrected chi connectivity index (χ2v) is 5.23. The van der Waals surface area contributed by atoms with Gasteiger partial charge < -0.3 is 14.8 Å². The zero-order chi connectivity index (χ0) is 15.4. The summed E-state index contributed by atoms with van der Waals surface area (Å²) in [6, 6.07) is 6.66. The topological polar surface area (TPSA) is 60.5 Å². The molecule has 0 saturated heterocycles. The van der Waals surface area contributed by atoms with Gasteiger partial charge in [-0.15, -0.1) is 0 Å². The summed E-state index contributed by atoms with van der Waals surface area (Å²) < 4.78 is 10.9. The third kappa shape index (κ3) is 3.65. The van der Waals surface area contributed by atoms with Crippen molar-refractivity contribution in [3.8, 4) is 11.5 Å². The summed E-state index contributed by atoms with van der Waals surface area (Å²) in [7, 11) is 3.03. The average molecular weight is 372 g/mol. The molecule has 1 aromatic carbocycles. The summed E-state index contributed by atoms with van der Waals surface area (Å²) in [5, 5.41) is 3.05. The van der Waals surface area contributed by atoms with Crippen LogP contribution in [0.5, 0.6) is 11.5 Å². The average Bonchev–Trinajstić information content (AvgIpc) is 2.50. The fraction of sp³-hybridized carbons (Fsp3) is 0.143. The highest BCUT2D eigenvalue weighted by molar-refractivity contribution is 9.10. The summed E-state index contributed by atoms with van der Waals surface area (Å²) in [5.41, 5.74) is 0.879. The van der Waals surface area contributed by atoms with E-state index in [4.69, 9.17) is 21.1 Å². The summed E-state index contributed by atoms with van der Waals surface area (Å²) in [6.07, 6.45) is 1.47. The highest BCUT2D eigenvalue weighted by atomic mass is 79.9. The SMILES string of the molecule is COc1ccc(OC)c(C(=O)Nc2cnc(Cl)c(Br)c2)c1. The Labute approximate surface area is 135 Å². The molecular weight excluding hydrogens is 360 g/mol. The van der Waals surface area contributed by atoms with Crippen molar-refractivity contribution in [3.05, 3.63) is 45.7 Å². The highest BCUT2D eigenvalue weighted by Gasteiger charge is 2.14. The van der Waals surface area contributed by atoms with Gasteiger partial charge in [0.1, 0.15) is 16.7 Å². The molecular formula is C14H12BrClN2O3. The number of anilines is 1. The molecule has 1 amide bonds. The number of hydrogen-bond donors (Lipinski definition) is 1. The molecule has 0 spiro atoms. The van der Waals surface area contributed by atoms with E-state index in [1.165, 1.54) is 20.4 Å². The fourth-order valence-corrected chi connectivity index (χ4v) is 2.13. The van der Waals surface area contributed by atoms with Crippen molar-refractivity contribution in [2.24, 2.45) is 0 Å². The van der Waals surface area contributed by atoms with Crippen molar-refractivity contribution < 1.29 is 14.3 Å². The molecule has 110 valence electrons. The third-order valence-electron chi connectivity index (χ3n) is 2.71. The number of halogens is 2. The molecule has 1 heterocycles. The van der Waals surface area contributed by atoms with Crippen LogP contribution in [0.15, 0.2) is 34.9 Å². The summed E-state index contributed by atoms with van der Waals surface area (Å²) >= 11 is 9.07. The van der Waals surface area contributed by atoms with Crippen molar-refractivity contribution in [3.63, 3.8) is 0 Å². The second-order valence-electron chi connectivity index (χ2n) is 4.02. The molecule has 0 saturated carbocycles. The standard InChI is InChI=1S/C14H12BrClN2O3/c1-20-9-3-4-12(21-2)10(6-9)14(19)18-8-5-11(15)13(16)17-7-8/h3-7H,1-2H3,(H,18,19). The predicted molar refractivity (Wildman–Crippen MR) is 84.4 cm³/mol. The van der Waals surface area contributed by atoms with Crippen LogP contribution in [0.4, 0.5) is 5.69 Å². The number of nitrogens with one attached hydrogen (secondary N) is 1. The fourth-order valence-electron chi connectivity index (χ4n) is 1.68. The maximum Gasteiger partial charge on any atom is 0.259 e. The van der Waals surface area contributed by atoms with Crippen molar-refractivity contribution in [1.82, 2.24) is 4.98 Å². The van der Waals surface area contributed by atoms with Crippen LogP contribution in [0, 0.1) is 0 Å². The molecule has 0 aliphatic heterocycles. The van der Waals surface area contributed by atoms with Crippen molar-refractivity contribution in [1.29, 1.82) is 0 Å².